The summed E-state index contributed by atoms with van der Waals surface area (Å²) in [5.41, 5.74) is 2.39. The minimum absolute atomic E-state index is 0.158. The number of hydrogen-bond acceptors (Lipinski definition) is 4. The summed E-state index contributed by atoms with van der Waals surface area (Å²) in [5.74, 6) is 1.60. The Balaban J connectivity index is 2.27. The van der Waals surface area contributed by atoms with Gasteiger partial charge in [-0.05, 0) is 53.8 Å². The highest BCUT2D eigenvalue weighted by Crippen LogP contribution is 2.31. The summed E-state index contributed by atoms with van der Waals surface area (Å²) in [6.45, 7) is 6.01. The number of methoxy groups -OCH3 is 2. The SMILES string of the molecule is COc1ccc(CNS(=O)(=O)c2cc(C(C)C)c(OC)cc2C)cc1. The quantitative estimate of drug-likeness (QED) is 0.816. The zero-order valence-corrected chi connectivity index (χ0v) is 16.1. The molecule has 5 nitrogen and oxygen atoms in total. The Morgan fingerprint density at radius 1 is 1.04 bits per heavy atom. The number of ether oxygens (including phenoxy) is 2. The molecule has 0 aliphatic carbocycles. The van der Waals surface area contributed by atoms with Crippen molar-refractivity contribution in [3.8, 4) is 11.5 Å². The van der Waals surface area contributed by atoms with Crippen LogP contribution in [0.4, 0.5) is 0 Å². The summed E-state index contributed by atoms with van der Waals surface area (Å²) in [5, 5.41) is 0. The van der Waals surface area contributed by atoms with Crippen LogP contribution in [-0.2, 0) is 16.6 Å². The number of rotatable bonds is 7. The molecule has 0 radical (unpaired) electrons. The first-order chi connectivity index (χ1) is 11.8. The average molecular weight is 363 g/mol. The van der Waals surface area contributed by atoms with Crippen LogP contribution in [0.15, 0.2) is 41.3 Å². The molecule has 0 aromatic heterocycles. The predicted octanol–water partition coefficient (Wildman–Crippen LogP) is 3.61. The van der Waals surface area contributed by atoms with Gasteiger partial charge >= 0.3 is 0 Å². The van der Waals surface area contributed by atoms with E-state index in [1.807, 2.05) is 26.0 Å². The molecular formula is C19H25NO4S. The molecule has 0 saturated heterocycles. The topological polar surface area (TPSA) is 64.6 Å². The maximum Gasteiger partial charge on any atom is 0.241 e. The van der Waals surface area contributed by atoms with E-state index in [1.165, 1.54) is 0 Å². The first-order valence-electron chi connectivity index (χ1n) is 8.09. The molecule has 2 aromatic rings. The Bertz CT molecular complexity index is 827. The lowest BCUT2D eigenvalue weighted by molar-refractivity contribution is 0.406. The van der Waals surface area contributed by atoms with Crippen molar-refractivity contribution < 1.29 is 17.9 Å². The van der Waals surface area contributed by atoms with E-state index in [9.17, 15) is 8.42 Å². The Kier molecular flexibility index (Phi) is 6.08. The Labute approximate surface area is 150 Å². The fourth-order valence-electron chi connectivity index (χ4n) is 2.59. The Morgan fingerprint density at radius 2 is 1.68 bits per heavy atom. The van der Waals surface area contributed by atoms with Crippen molar-refractivity contribution in [1.82, 2.24) is 4.72 Å². The lowest BCUT2D eigenvalue weighted by atomic mass is 10.0. The van der Waals surface area contributed by atoms with E-state index in [-0.39, 0.29) is 17.4 Å². The molecule has 136 valence electrons. The molecule has 0 spiro atoms. The van der Waals surface area contributed by atoms with Gasteiger partial charge in [0, 0.05) is 6.54 Å². The molecule has 0 aliphatic rings. The summed E-state index contributed by atoms with van der Waals surface area (Å²) >= 11 is 0. The molecule has 0 atom stereocenters. The highest BCUT2D eigenvalue weighted by Gasteiger charge is 2.20. The third kappa shape index (κ3) is 4.52. The van der Waals surface area contributed by atoms with Crippen LogP contribution in [0.25, 0.3) is 0 Å². The number of nitrogens with one attached hydrogen (secondary N) is 1. The summed E-state index contributed by atoms with van der Waals surface area (Å²) in [6, 6.07) is 10.8. The van der Waals surface area contributed by atoms with Gasteiger partial charge in [-0.1, -0.05) is 26.0 Å². The largest absolute Gasteiger partial charge is 0.497 e. The van der Waals surface area contributed by atoms with Gasteiger partial charge in [-0.2, -0.15) is 0 Å². The van der Waals surface area contributed by atoms with Gasteiger partial charge in [-0.25, -0.2) is 13.1 Å². The van der Waals surface area contributed by atoms with Gasteiger partial charge in [0.25, 0.3) is 0 Å². The summed E-state index contributed by atoms with van der Waals surface area (Å²) in [6.07, 6.45) is 0. The van der Waals surface area contributed by atoms with Crippen molar-refractivity contribution in [3.05, 3.63) is 53.1 Å². The van der Waals surface area contributed by atoms with Crippen LogP contribution < -0.4 is 14.2 Å². The van der Waals surface area contributed by atoms with E-state index in [2.05, 4.69) is 4.72 Å². The lowest BCUT2D eigenvalue weighted by Crippen LogP contribution is -2.24. The van der Waals surface area contributed by atoms with Crippen molar-refractivity contribution in [2.75, 3.05) is 14.2 Å². The lowest BCUT2D eigenvalue weighted by Gasteiger charge is -2.16. The average Bonchev–Trinajstić information content (AvgIpc) is 2.59. The first-order valence-corrected chi connectivity index (χ1v) is 9.58. The molecule has 0 fully saturated rings. The monoisotopic (exact) mass is 363 g/mol. The minimum atomic E-state index is -3.62. The number of hydrogen-bond donors (Lipinski definition) is 1. The summed E-state index contributed by atoms with van der Waals surface area (Å²) in [7, 11) is -0.435. The Hall–Kier alpha value is -2.05. The standard InChI is InChI=1S/C19H25NO4S/c1-13(2)17-11-19(14(3)10-18(17)24-5)25(21,22)20-12-15-6-8-16(23-4)9-7-15/h6-11,13,20H,12H2,1-5H3. The van der Waals surface area contributed by atoms with E-state index in [4.69, 9.17) is 9.47 Å². The predicted molar refractivity (Wildman–Crippen MR) is 98.8 cm³/mol. The zero-order chi connectivity index (χ0) is 18.6. The third-order valence-electron chi connectivity index (χ3n) is 4.06. The zero-order valence-electron chi connectivity index (χ0n) is 15.3. The molecule has 0 bridgehead atoms. The molecule has 0 unspecified atom stereocenters. The number of sulfonamides is 1. The molecule has 6 heteroatoms. The second-order valence-electron chi connectivity index (χ2n) is 6.19. The first kappa shape index (κ1) is 19.3. The van der Waals surface area contributed by atoms with Crippen molar-refractivity contribution in [1.29, 1.82) is 0 Å². The molecule has 0 amide bonds. The number of aryl methyl sites for hydroxylation is 1. The van der Waals surface area contributed by atoms with Crippen molar-refractivity contribution >= 4 is 10.0 Å². The Morgan fingerprint density at radius 3 is 2.20 bits per heavy atom. The smallest absolute Gasteiger partial charge is 0.241 e. The maximum atomic E-state index is 12.7. The normalized spacial score (nSPS) is 11.6. The van der Waals surface area contributed by atoms with Crippen molar-refractivity contribution in [2.24, 2.45) is 0 Å². The second kappa shape index (κ2) is 7.89. The summed E-state index contributed by atoms with van der Waals surface area (Å²) < 4.78 is 38.6. The van der Waals surface area contributed by atoms with Crippen LogP contribution in [0.3, 0.4) is 0 Å². The third-order valence-corrected chi connectivity index (χ3v) is 5.61. The van der Waals surface area contributed by atoms with Crippen LogP contribution in [-0.4, -0.2) is 22.6 Å². The van der Waals surface area contributed by atoms with Crippen LogP contribution in [0.1, 0.15) is 36.5 Å². The molecule has 25 heavy (non-hydrogen) atoms. The molecule has 2 rings (SSSR count). The van der Waals surface area contributed by atoms with Crippen LogP contribution in [0.2, 0.25) is 0 Å². The molecule has 0 aliphatic heterocycles. The van der Waals surface area contributed by atoms with Gasteiger partial charge in [0.15, 0.2) is 0 Å². The van der Waals surface area contributed by atoms with E-state index >= 15 is 0 Å². The van der Waals surface area contributed by atoms with E-state index < -0.39 is 10.0 Å². The molecule has 2 aromatic carbocycles. The molecular weight excluding hydrogens is 338 g/mol. The van der Waals surface area contributed by atoms with Gasteiger partial charge in [-0.15, -0.1) is 0 Å². The molecule has 0 heterocycles. The second-order valence-corrected chi connectivity index (χ2v) is 7.92. The van der Waals surface area contributed by atoms with Crippen LogP contribution in [0.5, 0.6) is 11.5 Å². The van der Waals surface area contributed by atoms with E-state index in [0.717, 1.165) is 16.9 Å². The highest BCUT2D eigenvalue weighted by molar-refractivity contribution is 7.89. The van der Waals surface area contributed by atoms with E-state index in [0.29, 0.717) is 11.3 Å². The summed E-state index contributed by atoms with van der Waals surface area (Å²) in [4.78, 5) is 0.283. The van der Waals surface area contributed by atoms with Crippen LogP contribution >= 0.6 is 0 Å². The van der Waals surface area contributed by atoms with Crippen molar-refractivity contribution in [3.63, 3.8) is 0 Å². The van der Waals surface area contributed by atoms with Crippen LogP contribution in [0, 0.1) is 6.92 Å². The van der Waals surface area contributed by atoms with Gasteiger partial charge in [0.1, 0.15) is 11.5 Å². The van der Waals surface area contributed by atoms with Crippen molar-refractivity contribution in [2.45, 2.75) is 38.1 Å². The van der Waals surface area contributed by atoms with E-state index in [1.54, 1.807) is 45.4 Å². The van der Waals surface area contributed by atoms with Gasteiger partial charge < -0.3 is 9.47 Å². The molecule has 1 N–H and O–H groups in total. The van der Waals surface area contributed by atoms with Gasteiger partial charge in [-0.3, -0.25) is 0 Å². The molecule has 0 saturated carbocycles. The fraction of sp³-hybridized carbons (Fsp3) is 0.368. The number of benzene rings is 2. The fourth-order valence-corrected chi connectivity index (χ4v) is 3.87. The van der Waals surface area contributed by atoms with Gasteiger partial charge in [0.2, 0.25) is 10.0 Å². The maximum absolute atomic E-state index is 12.7. The highest BCUT2D eigenvalue weighted by atomic mass is 32.2. The minimum Gasteiger partial charge on any atom is -0.497 e. The van der Waals surface area contributed by atoms with Gasteiger partial charge in [0.05, 0.1) is 19.1 Å².